The highest BCUT2D eigenvalue weighted by molar-refractivity contribution is 5.52. The van der Waals surface area contributed by atoms with Crippen molar-refractivity contribution in [3.63, 3.8) is 0 Å². The summed E-state index contributed by atoms with van der Waals surface area (Å²) in [5.41, 5.74) is 3.79. The molecule has 0 bridgehead atoms. The fraction of sp³-hybridized carbons (Fsp3) is 0.429. The molecule has 0 atom stereocenters. The number of fused-ring (bicyclic) bond motifs is 3. The molecule has 3 heteroatoms. The van der Waals surface area contributed by atoms with E-state index in [0.29, 0.717) is 0 Å². The molecule has 1 aliphatic heterocycles. The quantitative estimate of drug-likeness (QED) is 0.633. The largest absolute Gasteiger partial charge is 0.252 e. The predicted molar refractivity (Wildman–Crippen MR) is 66.6 cm³/mol. The number of aromatic nitrogens is 3. The number of hydrogen-bond donors (Lipinski definition) is 0. The van der Waals surface area contributed by atoms with Crippen molar-refractivity contribution in [2.45, 2.75) is 39.3 Å². The van der Waals surface area contributed by atoms with Gasteiger partial charge >= 0.3 is 0 Å². The van der Waals surface area contributed by atoms with Gasteiger partial charge in [-0.3, -0.25) is 4.68 Å². The van der Waals surface area contributed by atoms with Gasteiger partial charge in [-0.15, -0.1) is 0 Å². The second-order valence-corrected chi connectivity index (χ2v) is 5.67. The first-order valence-corrected chi connectivity index (χ1v) is 6.13. The minimum atomic E-state index is 0.115. The monoisotopic (exact) mass is 228 g/mol. The zero-order valence-corrected chi connectivity index (χ0v) is 10.6. The Kier molecular flexibility index (Phi) is 2.12. The third-order valence-electron chi connectivity index (χ3n) is 3.30. The predicted octanol–water partition coefficient (Wildman–Crippen LogP) is 2.15. The van der Waals surface area contributed by atoms with Gasteiger partial charge in [0, 0.05) is 17.5 Å². The fourth-order valence-corrected chi connectivity index (χ4v) is 2.27. The lowest BCUT2D eigenvalue weighted by atomic mass is 9.92. The van der Waals surface area contributed by atoms with Gasteiger partial charge in [0.15, 0.2) is 12.7 Å². The summed E-state index contributed by atoms with van der Waals surface area (Å²) in [5.74, 6) is 0. The summed E-state index contributed by atoms with van der Waals surface area (Å²) >= 11 is 0. The molecule has 2 aromatic heterocycles. The van der Waals surface area contributed by atoms with Crippen LogP contribution in [0.25, 0.3) is 11.4 Å². The zero-order valence-electron chi connectivity index (χ0n) is 10.6. The third-order valence-corrected chi connectivity index (χ3v) is 3.30. The topological polar surface area (TPSA) is 21.7 Å². The van der Waals surface area contributed by atoms with E-state index in [0.717, 1.165) is 13.1 Å². The number of hydrogen-bond acceptors (Lipinski definition) is 1. The molecule has 3 heterocycles. The minimum Gasteiger partial charge on any atom is -0.252 e. The van der Waals surface area contributed by atoms with E-state index in [9.17, 15) is 0 Å². The van der Waals surface area contributed by atoms with E-state index in [-0.39, 0.29) is 5.41 Å². The molecule has 0 N–H and O–H groups in total. The van der Waals surface area contributed by atoms with Crippen molar-refractivity contribution in [3.8, 4) is 11.4 Å². The smallest absolute Gasteiger partial charge is 0.230 e. The fourth-order valence-electron chi connectivity index (χ4n) is 2.27. The van der Waals surface area contributed by atoms with Crippen LogP contribution in [0.4, 0.5) is 0 Å². The van der Waals surface area contributed by atoms with Crippen molar-refractivity contribution in [2.24, 2.45) is 0 Å². The molecule has 0 unspecified atom stereocenters. The molecule has 17 heavy (non-hydrogen) atoms. The van der Waals surface area contributed by atoms with E-state index in [4.69, 9.17) is 5.10 Å². The molecule has 3 rings (SSSR count). The zero-order chi connectivity index (χ0) is 12.0. The molecule has 1 aliphatic rings. The van der Waals surface area contributed by atoms with Gasteiger partial charge in [0.2, 0.25) is 5.69 Å². The third kappa shape index (κ3) is 1.66. The summed E-state index contributed by atoms with van der Waals surface area (Å²) in [6.45, 7) is 8.60. The van der Waals surface area contributed by atoms with E-state index in [1.165, 1.54) is 17.1 Å². The molecule has 88 valence electrons. The number of nitrogens with zero attached hydrogens (tertiary/aromatic N) is 3. The Morgan fingerprint density at radius 3 is 2.88 bits per heavy atom. The molecule has 0 saturated carbocycles. The van der Waals surface area contributed by atoms with Gasteiger partial charge in [-0.2, -0.15) is 9.67 Å². The molecule has 2 aromatic rings. The molecule has 0 aliphatic carbocycles. The van der Waals surface area contributed by atoms with Crippen LogP contribution in [0.1, 0.15) is 26.5 Å². The van der Waals surface area contributed by atoms with Crippen LogP contribution in [0.15, 0.2) is 30.5 Å². The van der Waals surface area contributed by atoms with Crippen molar-refractivity contribution in [1.29, 1.82) is 0 Å². The van der Waals surface area contributed by atoms with Crippen LogP contribution >= 0.6 is 0 Å². The first-order chi connectivity index (χ1) is 8.05. The Hall–Kier alpha value is -1.64. The van der Waals surface area contributed by atoms with E-state index in [1.54, 1.807) is 0 Å². The van der Waals surface area contributed by atoms with Crippen molar-refractivity contribution in [3.05, 3.63) is 36.2 Å². The Labute approximate surface area is 102 Å². The second-order valence-electron chi connectivity index (χ2n) is 5.67. The van der Waals surface area contributed by atoms with Gasteiger partial charge in [0.1, 0.15) is 12.2 Å². The highest BCUT2D eigenvalue weighted by Gasteiger charge is 2.27. The molecule has 0 spiro atoms. The van der Waals surface area contributed by atoms with Gasteiger partial charge < -0.3 is 0 Å². The molecule has 0 radical (unpaired) electrons. The number of pyridine rings is 1. The first-order valence-electron chi connectivity index (χ1n) is 6.13. The Morgan fingerprint density at radius 1 is 1.29 bits per heavy atom. The molecule has 0 amide bonds. The molecular formula is C14H18N3+. The van der Waals surface area contributed by atoms with Gasteiger partial charge in [0.25, 0.3) is 0 Å². The van der Waals surface area contributed by atoms with E-state index in [2.05, 4.69) is 60.5 Å². The highest BCUT2D eigenvalue weighted by Crippen LogP contribution is 2.27. The van der Waals surface area contributed by atoms with E-state index < -0.39 is 0 Å². The summed E-state index contributed by atoms with van der Waals surface area (Å²) in [6, 6.07) is 8.57. The summed E-state index contributed by atoms with van der Waals surface area (Å²) in [5, 5.41) is 4.72. The first kappa shape index (κ1) is 10.5. The van der Waals surface area contributed by atoms with E-state index in [1.807, 2.05) is 0 Å². The van der Waals surface area contributed by atoms with Gasteiger partial charge in [-0.05, 0) is 12.1 Å². The lowest BCUT2D eigenvalue weighted by molar-refractivity contribution is -0.690. The van der Waals surface area contributed by atoms with Gasteiger partial charge in [-0.1, -0.05) is 20.8 Å². The van der Waals surface area contributed by atoms with Crippen LogP contribution in [0.2, 0.25) is 0 Å². The van der Waals surface area contributed by atoms with Crippen LogP contribution in [0.3, 0.4) is 0 Å². The standard InChI is InChI=1S/C14H18N3/c1-14(2,3)13-10-12-11-6-4-5-7-16(11)8-9-17(12)15-13/h4-7,10H,8-9H2,1-3H3/q+1. The maximum absolute atomic E-state index is 4.72. The summed E-state index contributed by atoms with van der Waals surface area (Å²) in [7, 11) is 0. The van der Waals surface area contributed by atoms with Crippen molar-refractivity contribution < 1.29 is 4.57 Å². The second kappa shape index (κ2) is 3.42. The minimum absolute atomic E-state index is 0.115. The normalized spacial score (nSPS) is 14.3. The maximum atomic E-state index is 4.72. The molecule has 0 fully saturated rings. The number of rotatable bonds is 0. The highest BCUT2D eigenvalue weighted by atomic mass is 15.3. The average molecular weight is 228 g/mol. The van der Waals surface area contributed by atoms with Crippen LogP contribution < -0.4 is 4.57 Å². The summed E-state index contributed by atoms with van der Waals surface area (Å²) in [4.78, 5) is 0. The molecule has 3 nitrogen and oxygen atoms in total. The van der Waals surface area contributed by atoms with Crippen LogP contribution in [0, 0.1) is 0 Å². The lowest BCUT2D eigenvalue weighted by Gasteiger charge is -2.14. The molecule has 0 aromatic carbocycles. The number of aryl methyl sites for hydroxylation is 2. The molecule has 0 saturated heterocycles. The van der Waals surface area contributed by atoms with Gasteiger partial charge in [0.05, 0.1) is 5.69 Å². The van der Waals surface area contributed by atoms with Crippen LogP contribution in [0.5, 0.6) is 0 Å². The molecular weight excluding hydrogens is 210 g/mol. The average Bonchev–Trinajstić information content (AvgIpc) is 2.72. The Bertz CT molecular complexity index is 561. The summed E-state index contributed by atoms with van der Waals surface area (Å²) < 4.78 is 4.43. The van der Waals surface area contributed by atoms with Crippen LogP contribution in [-0.4, -0.2) is 9.78 Å². The van der Waals surface area contributed by atoms with Gasteiger partial charge in [-0.25, -0.2) is 0 Å². The van der Waals surface area contributed by atoms with Crippen LogP contribution in [-0.2, 0) is 18.5 Å². The van der Waals surface area contributed by atoms with Crippen molar-refractivity contribution in [1.82, 2.24) is 9.78 Å². The van der Waals surface area contributed by atoms with Crippen molar-refractivity contribution >= 4 is 0 Å². The maximum Gasteiger partial charge on any atom is 0.230 e. The Balaban J connectivity index is 2.17. The van der Waals surface area contributed by atoms with E-state index >= 15 is 0 Å². The summed E-state index contributed by atoms with van der Waals surface area (Å²) in [6.07, 6.45) is 2.14. The lowest BCUT2D eigenvalue weighted by Crippen LogP contribution is -2.41. The Morgan fingerprint density at radius 2 is 2.12 bits per heavy atom. The SMILES string of the molecule is CC(C)(C)c1cc2n(n1)CC[n+]1ccccc1-2. The van der Waals surface area contributed by atoms with Crippen molar-refractivity contribution in [2.75, 3.05) is 0 Å².